The van der Waals surface area contributed by atoms with Gasteiger partial charge in [-0.05, 0) is 26.8 Å². The predicted octanol–water partition coefficient (Wildman–Crippen LogP) is 2.85. The van der Waals surface area contributed by atoms with Gasteiger partial charge in [-0.15, -0.1) is 0 Å². The number of benzene rings is 1. The Labute approximate surface area is 120 Å². The lowest BCUT2D eigenvalue weighted by Crippen LogP contribution is -2.29. The molecular formula is C16H23N3O. The van der Waals surface area contributed by atoms with Crippen LogP contribution < -0.4 is 10.1 Å². The molecule has 0 spiro atoms. The van der Waals surface area contributed by atoms with Crippen LogP contribution in [0, 0.1) is 0 Å². The molecule has 4 heteroatoms. The largest absolute Gasteiger partial charge is 0.491 e. The van der Waals surface area contributed by atoms with Crippen molar-refractivity contribution in [3.8, 4) is 5.75 Å². The second kappa shape index (κ2) is 7.10. The van der Waals surface area contributed by atoms with E-state index in [-0.39, 0.29) is 6.10 Å². The molecule has 0 aliphatic heterocycles. The molecule has 0 bridgehead atoms. The molecular weight excluding hydrogens is 250 g/mol. The molecule has 1 atom stereocenters. The summed E-state index contributed by atoms with van der Waals surface area (Å²) in [7, 11) is 0. The second-order valence-electron chi connectivity index (χ2n) is 5.32. The van der Waals surface area contributed by atoms with Gasteiger partial charge in [0.15, 0.2) is 0 Å². The molecule has 4 nitrogen and oxygen atoms in total. The van der Waals surface area contributed by atoms with Gasteiger partial charge in [0.1, 0.15) is 5.75 Å². The van der Waals surface area contributed by atoms with Gasteiger partial charge in [0.2, 0.25) is 0 Å². The zero-order valence-corrected chi connectivity index (χ0v) is 12.4. The first-order chi connectivity index (χ1) is 9.65. The lowest BCUT2D eigenvalue weighted by atomic mass is 10.2. The quantitative estimate of drug-likeness (QED) is 0.843. The van der Waals surface area contributed by atoms with Gasteiger partial charge in [-0.3, -0.25) is 0 Å². The van der Waals surface area contributed by atoms with Crippen molar-refractivity contribution in [3.63, 3.8) is 0 Å². The summed E-state index contributed by atoms with van der Waals surface area (Å²) < 4.78 is 7.91. The van der Waals surface area contributed by atoms with Crippen LogP contribution >= 0.6 is 0 Å². The van der Waals surface area contributed by atoms with Crippen molar-refractivity contribution in [3.05, 3.63) is 48.5 Å². The van der Waals surface area contributed by atoms with E-state index in [2.05, 4.69) is 27.9 Å². The summed E-state index contributed by atoms with van der Waals surface area (Å²) in [6, 6.07) is 8.56. The Morgan fingerprint density at radius 2 is 2.05 bits per heavy atom. The molecule has 0 saturated heterocycles. The van der Waals surface area contributed by atoms with Gasteiger partial charge in [-0.1, -0.05) is 18.2 Å². The van der Waals surface area contributed by atoms with Crippen LogP contribution in [0.5, 0.6) is 5.75 Å². The number of nitrogens with zero attached hydrogens (tertiary/aromatic N) is 2. The first-order valence-corrected chi connectivity index (χ1v) is 7.09. The average Bonchev–Trinajstić information content (AvgIpc) is 2.90. The fourth-order valence-electron chi connectivity index (χ4n) is 2.08. The minimum atomic E-state index is 0.194. The van der Waals surface area contributed by atoms with Crippen molar-refractivity contribution in [2.24, 2.45) is 0 Å². The third kappa shape index (κ3) is 4.38. The topological polar surface area (TPSA) is 39.1 Å². The molecule has 1 unspecified atom stereocenters. The van der Waals surface area contributed by atoms with Gasteiger partial charge in [-0.2, -0.15) is 0 Å². The summed E-state index contributed by atoms with van der Waals surface area (Å²) in [6.07, 6.45) is 5.82. The number of hydrogen-bond acceptors (Lipinski definition) is 3. The lowest BCUT2D eigenvalue weighted by Gasteiger charge is -2.17. The predicted molar refractivity (Wildman–Crippen MR) is 80.7 cm³/mol. The second-order valence-corrected chi connectivity index (χ2v) is 5.32. The van der Waals surface area contributed by atoms with Crippen LogP contribution in [0.15, 0.2) is 43.0 Å². The number of para-hydroxylation sites is 1. The monoisotopic (exact) mass is 273 g/mol. The minimum absolute atomic E-state index is 0.194. The molecule has 0 saturated carbocycles. The SMILES string of the molecule is CC(Cn1ccnc1)NCc1ccccc1OC(C)C. The third-order valence-corrected chi connectivity index (χ3v) is 3.02. The molecule has 0 radical (unpaired) electrons. The molecule has 0 fully saturated rings. The van der Waals surface area contributed by atoms with E-state index in [1.165, 1.54) is 5.56 Å². The maximum Gasteiger partial charge on any atom is 0.124 e. The van der Waals surface area contributed by atoms with E-state index < -0.39 is 0 Å². The molecule has 20 heavy (non-hydrogen) atoms. The fraction of sp³-hybridized carbons (Fsp3) is 0.438. The third-order valence-electron chi connectivity index (χ3n) is 3.02. The fourth-order valence-corrected chi connectivity index (χ4v) is 2.08. The van der Waals surface area contributed by atoms with Crippen molar-refractivity contribution >= 4 is 0 Å². The highest BCUT2D eigenvalue weighted by molar-refractivity contribution is 5.33. The number of hydrogen-bond donors (Lipinski definition) is 1. The van der Waals surface area contributed by atoms with Crippen LogP contribution in [-0.2, 0) is 13.1 Å². The van der Waals surface area contributed by atoms with E-state index in [4.69, 9.17) is 4.74 Å². The van der Waals surface area contributed by atoms with Crippen molar-refractivity contribution < 1.29 is 4.74 Å². The Bertz CT molecular complexity index is 508. The van der Waals surface area contributed by atoms with Gasteiger partial charge in [0.25, 0.3) is 0 Å². The molecule has 0 aliphatic carbocycles. The first kappa shape index (κ1) is 14.6. The Morgan fingerprint density at radius 1 is 1.25 bits per heavy atom. The maximum atomic E-state index is 5.83. The smallest absolute Gasteiger partial charge is 0.124 e. The summed E-state index contributed by atoms with van der Waals surface area (Å²) in [5.41, 5.74) is 1.19. The summed E-state index contributed by atoms with van der Waals surface area (Å²) >= 11 is 0. The average molecular weight is 273 g/mol. The van der Waals surface area contributed by atoms with Crippen LogP contribution in [-0.4, -0.2) is 21.7 Å². The summed E-state index contributed by atoms with van der Waals surface area (Å²) in [6.45, 7) is 7.98. The molecule has 2 rings (SSSR count). The first-order valence-electron chi connectivity index (χ1n) is 7.09. The Hall–Kier alpha value is -1.81. The number of imidazole rings is 1. The standard InChI is InChI=1S/C16H23N3O/c1-13(2)20-16-7-5-4-6-15(16)10-18-14(3)11-19-9-8-17-12-19/h4-9,12-14,18H,10-11H2,1-3H3. The molecule has 108 valence electrons. The van der Waals surface area contributed by atoms with E-state index in [1.54, 1.807) is 6.20 Å². The summed E-state index contributed by atoms with van der Waals surface area (Å²) in [5, 5.41) is 3.52. The summed E-state index contributed by atoms with van der Waals surface area (Å²) in [4.78, 5) is 4.06. The Balaban J connectivity index is 1.90. The molecule has 2 aromatic rings. The highest BCUT2D eigenvalue weighted by Crippen LogP contribution is 2.19. The van der Waals surface area contributed by atoms with Gasteiger partial charge >= 0.3 is 0 Å². The van der Waals surface area contributed by atoms with Gasteiger partial charge in [-0.25, -0.2) is 4.98 Å². The van der Waals surface area contributed by atoms with Crippen LogP contribution in [0.1, 0.15) is 26.3 Å². The van der Waals surface area contributed by atoms with Crippen LogP contribution in [0.25, 0.3) is 0 Å². The molecule has 1 aromatic carbocycles. The number of ether oxygens (including phenoxy) is 1. The van der Waals surface area contributed by atoms with Crippen molar-refractivity contribution in [2.45, 2.75) is 46.0 Å². The summed E-state index contributed by atoms with van der Waals surface area (Å²) in [5.74, 6) is 0.963. The van der Waals surface area contributed by atoms with Gasteiger partial charge < -0.3 is 14.6 Å². The van der Waals surface area contributed by atoms with E-state index in [1.807, 2.05) is 44.6 Å². The van der Waals surface area contributed by atoms with E-state index in [0.717, 1.165) is 18.8 Å². The van der Waals surface area contributed by atoms with E-state index in [9.17, 15) is 0 Å². The van der Waals surface area contributed by atoms with Crippen molar-refractivity contribution in [1.82, 2.24) is 14.9 Å². The van der Waals surface area contributed by atoms with Gasteiger partial charge in [0.05, 0.1) is 12.4 Å². The van der Waals surface area contributed by atoms with Crippen molar-refractivity contribution in [2.75, 3.05) is 0 Å². The highest BCUT2D eigenvalue weighted by atomic mass is 16.5. The molecule has 0 aliphatic rings. The molecule has 0 amide bonds. The number of aromatic nitrogens is 2. The molecule has 1 heterocycles. The van der Waals surface area contributed by atoms with Crippen LogP contribution in [0.2, 0.25) is 0 Å². The Morgan fingerprint density at radius 3 is 2.75 bits per heavy atom. The zero-order valence-electron chi connectivity index (χ0n) is 12.4. The molecule has 1 aromatic heterocycles. The van der Waals surface area contributed by atoms with Crippen LogP contribution in [0.3, 0.4) is 0 Å². The van der Waals surface area contributed by atoms with E-state index in [0.29, 0.717) is 6.04 Å². The van der Waals surface area contributed by atoms with Crippen LogP contribution in [0.4, 0.5) is 0 Å². The minimum Gasteiger partial charge on any atom is -0.491 e. The lowest BCUT2D eigenvalue weighted by molar-refractivity contribution is 0.239. The normalized spacial score (nSPS) is 12.6. The zero-order chi connectivity index (χ0) is 14.4. The Kier molecular flexibility index (Phi) is 5.18. The maximum absolute atomic E-state index is 5.83. The van der Waals surface area contributed by atoms with Crippen molar-refractivity contribution in [1.29, 1.82) is 0 Å². The molecule has 1 N–H and O–H groups in total. The van der Waals surface area contributed by atoms with Gasteiger partial charge in [0, 0.05) is 37.1 Å². The number of rotatable bonds is 7. The highest BCUT2D eigenvalue weighted by Gasteiger charge is 2.07. The van der Waals surface area contributed by atoms with E-state index >= 15 is 0 Å². The number of nitrogens with one attached hydrogen (secondary N) is 1.